The summed E-state index contributed by atoms with van der Waals surface area (Å²) in [6, 6.07) is 5.10. The first-order chi connectivity index (χ1) is 10.4. The van der Waals surface area contributed by atoms with Crippen molar-refractivity contribution in [1.29, 1.82) is 0 Å². The standard InChI is InChI=1S/C14H11F5N2O2/c15-13(16,14(17,18)19)8-3-7(4-10(21)12(8)23)6-1-2-9(20)11(22)5-6/h1-5,22-23H,20-21H2. The molecule has 23 heavy (non-hydrogen) atoms. The molecule has 0 aliphatic heterocycles. The van der Waals surface area contributed by atoms with Gasteiger partial charge in [-0.15, -0.1) is 0 Å². The van der Waals surface area contributed by atoms with Crippen molar-refractivity contribution in [1.82, 2.24) is 0 Å². The first-order valence-electron chi connectivity index (χ1n) is 6.11. The predicted molar refractivity (Wildman–Crippen MR) is 74.0 cm³/mol. The topological polar surface area (TPSA) is 92.5 Å². The summed E-state index contributed by atoms with van der Waals surface area (Å²) in [6.45, 7) is 0. The van der Waals surface area contributed by atoms with E-state index in [0.29, 0.717) is 6.07 Å². The molecule has 0 spiro atoms. The Morgan fingerprint density at radius 2 is 1.39 bits per heavy atom. The van der Waals surface area contributed by atoms with Gasteiger partial charge in [0.15, 0.2) is 0 Å². The average molecular weight is 334 g/mol. The highest BCUT2D eigenvalue weighted by molar-refractivity contribution is 5.75. The maximum Gasteiger partial charge on any atom is 0.458 e. The molecule has 0 aliphatic rings. The summed E-state index contributed by atoms with van der Waals surface area (Å²) in [5.74, 6) is -7.02. The Bertz CT molecular complexity index is 760. The second-order valence-corrected chi connectivity index (χ2v) is 4.81. The monoisotopic (exact) mass is 334 g/mol. The van der Waals surface area contributed by atoms with Crippen LogP contribution in [0.5, 0.6) is 11.5 Å². The lowest BCUT2D eigenvalue weighted by Crippen LogP contribution is -2.33. The summed E-state index contributed by atoms with van der Waals surface area (Å²) in [5.41, 5.74) is 8.35. The van der Waals surface area contributed by atoms with Crippen molar-refractivity contribution in [3.8, 4) is 22.6 Å². The normalized spacial score (nSPS) is 12.4. The van der Waals surface area contributed by atoms with E-state index in [-0.39, 0.29) is 22.6 Å². The number of benzene rings is 2. The third-order valence-corrected chi connectivity index (χ3v) is 3.20. The highest BCUT2D eigenvalue weighted by Gasteiger charge is 2.60. The number of anilines is 2. The Morgan fingerprint density at radius 1 is 0.783 bits per heavy atom. The predicted octanol–water partition coefficient (Wildman–Crippen LogP) is 3.58. The van der Waals surface area contributed by atoms with Gasteiger partial charge in [0, 0.05) is 0 Å². The minimum atomic E-state index is -5.90. The largest absolute Gasteiger partial charge is 0.506 e. The molecule has 2 rings (SSSR count). The van der Waals surface area contributed by atoms with Crippen LogP contribution in [-0.4, -0.2) is 16.4 Å². The number of phenolic OH excluding ortho intramolecular Hbond substituents is 2. The Hall–Kier alpha value is -2.71. The van der Waals surface area contributed by atoms with Crippen LogP contribution >= 0.6 is 0 Å². The molecule has 0 aromatic heterocycles. The van der Waals surface area contributed by atoms with Crippen molar-refractivity contribution in [3.63, 3.8) is 0 Å². The Kier molecular flexibility index (Phi) is 3.75. The first kappa shape index (κ1) is 16.7. The van der Waals surface area contributed by atoms with Crippen molar-refractivity contribution >= 4 is 11.4 Å². The lowest BCUT2D eigenvalue weighted by molar-refractivity contribution is -0.289. The number of halogens is 5. The zero-order valence-electron chi connectivity index (χ0n) is 11.3. The molecule has 0 saturated carbocycles. The molecule has 0 bridgehead atoms. The van der Waals surface area contributed by atoms with Crippen molar-refractivity contribution in [3.05, 3.63) is 35.9 Å². The zero-order chi connectivity index (χ0) is 17.6. The van der Waals surface area contributed by atoms with Crippen molar-refractivity contribution in [2.75, 3.05) is 11.5 Å². The molecule has 0 saturated heterocycles. The zero-order valence-corrected chi connectivity index (χ0v) is 11.3. The second-order valence-electron chi connectivity index (χ2n) is 4.81. The summed E-state index contributed by atoms with van der Waals surface area (Å²) < 4.78 is 64.6. The quantitative estimate of drug-likeness (QED) is 0.384. The van der Waals surface area contributed by atoms with E-state index in [2.05, 4.69) is 0 Å². The molecule has 6 N–H and O–H groups in total. The van der Waals surface area contributed by atoms with Crippen LogP contribution in [0.4, 0.5) is 33.3 Å². The van der Waals surface area contributed by atoms with Crippen LogP contribution in [0.1, 0.15) is 5.56 Å². The second kappa shape index (κ2) is 5.18. The van der Waals surface area contributed by atoms with Crippen LogP contribution in [-0.2, 0) is 5.92 Å². The Balaban J connectivity index is 2.68. The van der Waals surface area contributed by atoms with Gasteiger partial charge >= 0.3 is 12.1 Å². The third-order valence-electron chi connectivity index (χ3n) is 3.20. The van der Waals surface area contributed by atoms with E-state index >= 15 is 0 Å². The van der Waals surface area contributed by atoms with Crippen LogP contribution in [0.2, 0.25) is 0 Å². The molecule has 9 heteroatoms. The van der Waals surface area contributed by atoms with Gasteiger partial charge in [0.05, 0.1) is 16.9 Å². The van der Waals surface area contributed by atoms with E-state index in [1.807, 2.05) is 0 Å². The molecule has 2 aromatic rings. The number of rotatable bonds is 2. The van der Waals surface area contributed by atoms with E-state index < -0.39 is 29.1 Å². The number of hydrogen-bond acceptors (Lipinski definition) is 4. The molecule has 0 radical (unpaired) electrons. The number of nitrogen functional groups attached to an aromatic ring is 2. The molecular weight excluding hydrogens is 323 g/mol. The smallest absolute Gasteiger partial charge is 0.458 e. The van der Waals surface area contributed by atoms with Gasteiger partial charge in [0.2, 0.25) is 0 Å². The average Bonchev–Trinajstić information content (AvgIpc) is 2.43. The highest BCUT2D eigenvalue weighted by atomic mass is 19.4. The first-order valence-corrected chi connectivity index (χ1v) is 6.11. The molecular formula is C14H11F5N2O2. The molecule has 124 valence electrons. The highest BCUT2D eigenvalue weighted by Crippen LogP contribution is 2.49. The van der Waals surface area contributed by atoms with E-state index in [4.69, 9.17) is 11.5 Å². The number of phenols is 2. The fourth-order valence-corrected chi connectivity index (χ4v) is 1.94. The van der Waals surface area contributed by atoms with Gasteiger partial charge in [-0.2, -0.15) is 22.0 Å². The van der Waals surface area contributed by atoms with Gasteiger partial charge in [-0.3, -0.25) is 0 Å². The van der Waals surface area contributed by atoms with Gasteiger partial charge in [0.1, 0.15) is 11.5 Å². The summed E-state index contributed by atoms with van der Waals surface area (Å²) in [4.78, 5) is 0. The third kappa shape index (κ3) is 2.81. The molecule has 0 amide bonds. The Morgan fingerprint density at radius 3 is 1.91 bits per heavy atom. The number of aromatic hydroxyl groups is 2. The number of alkyl halides is 5. The molecule has 0 heterocycles. The van der Waals surface area contributed by atoms with Crippen LogP contribution in [0.25, 0.3) is 11.1 Å². The summed E-state index contributed by atoms with van der Waals surface area (Å²) >= 11 is 0. The molecule has 0 fully saturated rings. The van der Waals surface area contributed by atoms with E-state index in [1.165, 1.54) is 12.1 Å². The van der Waals surface area contributed by atoms with Crippen molar-refractivity contribution in [2.24, 2.45) is 0 Å². The van der Waals surface area contributed by atoms with Crippen molar-refractivity contribution < 1.29 is 32.2 Å². The van der Waals surface area contributed by atoms with Gasteiger partial charge in [-0.25, -0.2) is 0 Å². The van der Waals surface area contributed by atoms with Gasteiger partial charge in [-0.1, -0.05) is 6.07 Å². The van der Waals surface area contributed by atoms with E-state index in [0.717, 1.165) is 12.1 Å². The fourth-order valence-electron chi connectivity index (χ4n) is 1.94. The van der Waals surface area contributed by atoms with Gasteiger partial charge < -0.3 is 21.7 Å². The van der Waals surface area contributed by atoms with Crippen LogP contribution in [0.15, 0.2) is 30.3 Å². The molecule has 0 unspecified atom stereocenters. The fraction of sp³-hybridized carbons (Fsp3) is 0.143. The van der Waals surface area contributed by atoms with Crippen molar-refractivity contribution in [2.45, 2.75) is 12.1 Å². The SMILES string of the molecule is Nc1ccc(-c2cc(N)c(O)c(C(F)(F)C(F)(F)F)c2)cc1O. The minimum absolute atomic E-state index is 0.00125. The lowest BCUT2D eigenvalue weighted by atomic mass is 9.97. The van der Waals surface area contributed by atoms with Crippen LogP contribution < -0.4 is 11.5 Å². The maximum atomic E-state index is 13.5. The van der Waals surface area contributed by atoms with Gasteiger partial charge in [0.25, 0.3) is 0 Å². The Labute approximate surface area is 126 Å². The summed E-state index contributed by atoms with van der Waals surface area (Å²) in [5, 5.41) is 19.0. The molecule has 0 aliphatic carbocycles. The lowest BCUT2D eigenvalue weighted by Gasteiger charge is -2.22. The summed E-state index contributed by atoms with van der Waals surface area (Å²) in [7, 11) is 0. The molecule has 4 nitrogen and oxygen atoms in total. The number of hydrogen-bond donors (Lipinski definition) is 4. The number of nitrogens with two attached hydrogens (primary N) is 2. The molecule has 0 atom stereocenters. The van der Waals surface area contributed by atoms with E-state index in [1.54, 1.807) is 0 Å². The maximum absolute atomic E-state index is 13.5. The molecule has 2 aromatic carbocycles. The van der Waals surface area contributed by atoms with E-state index in [9.17, 15) is 32.2 Å². The van der Waals surface area contributed by atoms with Crippen LogP contribution in [0, 0.1) is 0 Å². The summed E-state index contributed by atoms with van der Waals surface area (Å²) in [6.07, 6.45) is -5.90. The minimum Gasteiger partial charge on any atom is -0.506 e. The van der Waals surface area contributed by atoms with Gasteiger partial charge in [-0.05, 0) is 35.4 Å². The van der Waals surface area contributed by atoms with Crippen LogP contribution in [0.3, 0.4) is 0 Å².